The number of fused-ring (bicyclic) bond motifs is 1. The van der Waals surface area contributed by atoms with Crippen molar-refractivity contribution in [2.45, 2.75) is 19.4 Å². The Morgan fingerprint density at radius 1 is 1.28 bits per heavy atom. The van der Waals surface area contributed by atoms with E-state index in [2.05, 4.69) is 6.07 Å². The Labute approximate surface area is 111 Å². The van der Waals surface area contributed by atoms with Gasteiger partial charge in [-0.15, -0.1) is 0 Å². The fourth-order valence-electron chi connectivity index (χ4n) is 2.08. The lowest BCUT2D eigenvalue weighted by Gasteiger charge is -2.28. The molecule has 1 aromatic rings. The Kier molecular flexibility index (Phi) is 3.92. The van der Waals surface area contributed by atoms with Crippen LogP contribution in [0.5, 0.6) is 0 Å². The molecule has 98 valence electrons. The molecule has 0 saturated heterocycles. The minimum absolute atomic E-state index is 0.0476. The number of rotatable bonds is 3. The Balaban J connectivity index is 1.99. The molecule has 1 amide bonds. The number of benzene rings is 1. The fraction of sp³-hybridized carbons (Fsp3) is 0.417. The van der Waals surface area contributed by atoms with Crippen LogP contribution in [-0.2, 0) is 26.8 Å². The quantitative estimate of drug-likeness (QED) is 0.792. The predicted octanol–water partition coefficient (Wildman–Crippen LogP) is 1.53. The zero-order chi connectivity index (χ0) is 13.2. The van der Waals surface area contributed by atoms with E-state index in [4.69, 9.17) is 10.7 Å². The van der Waals surface area contributed by atoms with Gasteiger partial charge in [0.1, 0.15) is 0 Å². The van der Waals surface area contributed by atoms with E-state index in [-0.39, 0.29) is 18.1 Å². The van der Waals surface area contributed by atoms with E-state index >= 15 is 0 Å². The summed E-state index contributed by atoms with van der Waals surface area (Å²) in [6.07, 6.45) is 0.767. The Morgan fingerprint density at radius 3 is 2.61 bits per heavy atom. The van der Waals surface area contributed by atoms with Gasteiger partial charge in [0.2, 0.25) is 15.0 Å². The summed E-state index contributed by atoms with van der Waals surface area (Å²) < 4.78 is 21.6. The molecule has 1 heterocycles. The third-order valence-electron chi connectivity index (χ3n) is 3.04. The van der Waals surface area contributed by atoms with Crippen molar-refractivity contribution in [1.29, 1.82) is 0 Å². The minimum Gasteiger partial charge on any atom is -0.338 e. The van der Waals surface area contributed by atoms with Gasteiger partial charge in [0, 0.05) is 30.2 Å². The summed E-state index contributed by atoms with van der Waals surface area (Å²) in [6.45, 7) is 1.19. The summed E-state index contributed by atoms with van der Waals surface area (Å²) in [5.41, 5.74) is 2.39. The highest BCUT2D eigenvalue weighted by atomic mass is 35.7. The van der Waals surface area contributed by atoms with Crippen LogP contribution in [0.1, 0.15) is 17.5 Å². The molecule has 0 spiro atoms. The number of carbonyl (C=O) groups is 1. The molecule has 2 rings (SSSR count). The highest BCUT2D eigenvalue weighted by Gasteiger charge is 2.21. The van der Waals surface area contributed by atoms with Gasteiger partial charge in [-0.25, -0.2) is 8.42 Å². The second kappa shape index (κ2) is 5.28. The number of carbonyl (C=O) groups excluding carboxylic acids is 1. The van der Waals surface area contributed by atoms with Crippen LogP contribution >= 0.6 is 10.7 Å². The van der Waals surface area contributed by atoms with E-state index in [0.717, 1.165) is 12.0 Å². The highest BCUT2D eigenvalue weighted by Crippen LogP contribution is 2.19. The van der Waals surface area contributed by atoms with Gasteiger partial charge < -0.3 is 4.90 Å². The summed E-state index contributed by atoms with van der Waals surface area (Å²) in [6, 6.07) is 7.97. The van der Waals surface area contributed by atoms with Gasteiger partial charge in [0.25, 0.3) is 0 Å². The molecular formula is C12H14ClNO3S. The van der Waals surface area contributed by atoms with Gasteiger partial charge >= 0.3 is 0 Å². The summed E-state index contributed by atoms with van der Waals surface area (Å²) in [7, 11) is 1.51. The average Bonchev–Trinajstić information content (AvgIpc) is 2.34. The first-order valence-corrected chi connectivity index (χ1v) is 8.20. The predicted molar refractivity (Wildman–Crippen MR) is 69.8 cm³/mol. The van der Waals surface area contributed by atoms with Crippen LogP contribution in [0.25, 0.3) is 0 Å². The normalized spacial score (nSPS) is 15.3. The van der Waals surface area contributed by atoms with Gasteiger partial charge in [-0.2, -0.15) is 0 Å². The molecule has 0 saturated carbocycles. The van der Waals surface area contributed by atoms with Crippen molar-refractivity contribution >= 4 is 25.6 Å². The smallest absolute Gasteiger partial charge is 0.233 e. The SMILES string of the molecule is O=C(CCS(=O)(=O)Cl)N1CCc2ccccc2C1. The van der Waals surface area contributed by atoms with Crippen LogP contribution in [0.3, 0.4) is 0 Å². The molecule has 0 aliphatic carbocycles. The second-order valence-electron chi connectivity index (χ2n) is 4.33. The van der Waals surface area contributed by atoms with Gasteiger partial charge in [-0.1, -0.05) is 24.3 Å². The number of hydrogen-bond donors (Lipinski definition) is 0. The lowest BCUT2D eigenvalue weighted by molar-refractivity contribution is -0.131. The van der Waals surface area contributed by atoms with Crippen molar-refractivity contribution in [2.24, 2.45) is 0 Å². The molecule has 0 radical (unpaired) electrons. The Hall–Kier alpha value is -1.07. The van der Waals surface area contributed by atoms with Crippen LogP contribution in [0, 0.1) is 0 Å². The zero-order valence-corrected chi connectivity index (χ0v) is 11.4. The monoisotopic (exact) mass is 287 g/mol. The third-order valence-corrected chi connectivity index (χ3v) is 4.20. The van der Waals surface area contributed by atoms with Gasteiger partial charge in [-0.3, -0.25) is 4.79 Å². The molecule has 18 heavy (non-hydrogen) atoms. The summed E-state index contributed by atoms with van der Waals surface area (Å²) in [5, 5.41) is 0. The van der Waals surface area contributed by atoms with E-state index < -0.39 is 9.05 Å². The molecule has 1 aromatic carbocycles. The van der Waals surface area contributed by atoms with Crippen molar-refractivity contribution in [1.82, 2.24) is 4.90 Å². The van der Waals surface area contributed by atoms with Crippen molar-refractivity contribution < 1.29 is 13.2 Å². The molecule has 1 aliphatic rings. The minimum atomic E-state index is -3.59. The summed E-state index contributed by atoms with van der Waals surface area (Å²) in [4.78, 5) is 13.5. The molecule has 0 N–H and O–H groups in total. The molecule has 0 unspecified atom stereocenters. The lowest BCUT2D eigenvalue weighted by Crippen LogP contribution is -2.36. The van der Waals surface area contributed by atoms with E-state index in [1.165, 1.54) is 5.56 Å². The molecular weight excluding hydrogens is 274 g/mol. The van der Waals surface area contributed by atoms with Crippen molar-refractivity contribution in [3.05, 3.63) is 35.4 Å². The standard InChI is InChI=1S/C12H14ClNO3S/c13-18(16,17)8-6-12(15)14-7-5-10-3-1-2-4-11(10)9-14/h1-4H,5-9H2. The molecule has 0 bridgehead atoms. The maximum Gasteiger partial charge on any atom is 0.233 e. The van der Waals surface area contributed by atoms with Crippen molar-refractivity contribution in [3.8, 4) is 0 Å². The molecule has 6 heteroatoms. The Morgan fingerprint density at radius 2 is 1.94 bits per heavy atom. The number of amides is 1. The zero-order valence-electron chi connectivity index (χ0n) is 9.80. The topological polar surface area (TPSA) is 54.5 Å². The van der Waals surface area contributed by atoms with Gasteiger partial charge in [-0.05, 0) is 17.5 Å². The third kappa shape index (κ3) is 3.46. The van der Waals surface area contributed by atoms with Gasteiger partial charge in [0.15, 0.2) is 0 Å². The molecule has 1 aliphatic heterocycles. The molecule has 4 nitrogen and oxygen atoms in total. The Bertz CT molecular complexity index is 556. The second-order valence-corrected chi connectivity index (χ2v) is 7.22. The fourth-order valence-corrected chi connectivity index (χ4v) is 2.73. The summed E-state index contributed by atoms with van der Waals surface area (Å²) in [5.74, 6) is -0.459. The highest BCUT2D eigenvalue weighted by molar-refractivity contribution is 8.13. The van der Waals surface area contributed by atoms with E-state index in [9.17, 15) is 13.2 Å². The van der Waals surface area contributed by atoms with Crippen molar-refractivity contribution in [2.75, 3.05) is 12.3 Å². The number of halogens is 1. The van der Waals surface area contributed by atoms with E-state index in [1.807, 2.05) is 18.2 Å². The number of nitrogens with zero attached hydrogens (tertiary/aromatic N) is 1. The molecule has 0 aromatic heterocycles. The van der Waals surface area contributed by atoms with E-state index in [1.54, 1.807) is 4.90 Å². The van der Waals surface area contributed by atoms with Crippen LogP contribution < -0.4 is 0 Å². The lowest BCUT2D eigenvalue weighted by atomic mass is 10.00. The van der Waals surface area contributed by atoms with Crippen LogP contribution in [0.4, 0.5) is 0 Å². The maximum atomic E-state index is 11.9. The first-order chi connectivity index (χ1) is 8.46. The van der Waals surface area contributed by atoms with Crippen molar-refractivity contribution in [3.63, 3.8) is 0 Å². The average molecular weight is 288 g/mol. The van der Waals surface area contributed by atoms with Gasteiger partial charge in [0.05, 0.1) is 5.75 Å². The summed E-state index contributed by atoms with van der Waals surface area (Å²) >= 11 is 0. The maximum absolute atomic E-state index is 11.9. The van der Waals surface area contributed by atoms with Crippen LogP contribution in [-0.4, -0.2) is 31.5 Å². The molecule has 0 fully saturated rings. The largest absolute Gasteiger partial charge is 0.338 e. The first kappa shape index (κ1) is 13.4. The first-order valence-electron chi connectivity index (χ1n) is 5.72. The van der Waals surface area contributed by atoms with Crippen LogP contribution in [0.15, 0.2) is 24.3 Å². The number of hydrogen-bond acceptors (Lipinski definition) is 3. The van der Waals surface area contributed by atoms with E-state index in [0.29, 0.717) is 13.1 Å². The van der Waals surface area contributed by atoms with Crippen LogP contribution in [0.2, 0.25) is 0 Å². The molecule has 0 atom stereocenters.